The fourth-order valence-electron chi connectivity index (χ4n) is 1.49. The van der Waals surface area contributed by atoms with E-state index in [9.17, 15) is 0 Å². The van der Waals surface area contributed by atoms with E-state index in [0.29, 0.717) is 12.5 Å². The third-order valence-corrected chi connectivity index (χ3v) is 2.96. The predicted octanol–water partition coefficient (Wildman–Crippen LogP) is 1.88. The van der Waals surface area contributed by atoms with Gasteiger partial charge in [-0.15, -0.1) is 0 Å². The van der Waals surface area contributed by atoms with E-state index in [1.807, 2.05) is 0 Å². The fourth-order valence-corrected chi connectivity index (χ4v) is 1.94. The van der Waals surface area contributed by atoms with E-state index >= 15 is 0 Å². The fraction of sp³-hybridized carbons (Fsp3) is 0.636. The highest BCUT2D eigenvalue weighted by Crippen LogP contribution is 2.24. The Morgan fingerprint density at radius 3 is 2.82 bits per heavy atom. The van der Waals surface area contributed by atoms with E-state index in [1.54, 1.807) is 13.2 Å². The zero-order valence-corrected chi connectivity index (χ0v) is 11.9. The number of unbranched alkanes of at least 4 members (excludes halogenated alkanes) is 1. The zero-order valence-electron chi connectivity index (χ0n) is 10.3. The molecule has 0 aliphatic heterocycles. The molecule has 1 aromatic rings. The summed E-state index contributed by atoms with van der Waals surface area (Å²) in [6.45, 7) is 3.73. The zero-order chi connectivity index (χ0) is 12.7. The first-order valence-corrected chi connectivity index (χ1v) is 6.58. The summed E-state index contributed by atoms with van der Waals surface area (Å²) in [5.41, 5.74) is 0. The van der Waals surface area contributed by atoms with Crippen molar-refractivity contribution in [2.75, 3.05) is 37.0 Å². The second kappa shape index (κ2) is 7.45. The van der Waals surface area contributed by atoms with Gasteiger partial charge >= 0.3 is 0 Å². The molecule has 1 aromatic heterocycles. The summed E-state index contributed by atoms with van der Waals surface area (Å²) in [6.07, 6.45) is 3.92. The quantitative estimate of drug-likeness (QED) is 0.805. The molecule has 0 saturated carbocycles. The Labute approximate surface area is 110 Å². The lowest BCUT2D eigenvalue weighted by Gasteiger charge is -2.23. The van der Waals surface area contributed by atoms with Crippen LogP contribution in [0.15, 0.2) is 10.7 Å². The van der Waals surface area contributed by atoms with Crippen molar-refractivity contribution in [3.63, 3.8) is 0 Å². The van der Waals surface area contributed by atoms with Crippen LogP contribution in [-0.4, -0.2) is 41.8 Å². The minimum Gasteiger partial charge on any atom is -0.395 e. The van der Waals surface area contributed by atoms with Crippen molar-refractivity contribution in [3.05, 3.63) is 10.7 Å². The van der Waals surface area contributed by atoms with E-state index < -0.39 is 0 Å². The van der Waals surface area contributed by atoms with E-state index in [-0.39, 0.29) is 6.61 Å². The second-order valence-electron chi connectivity index (χ2n) is 3.68. The smallest absolute Gasteiger partial charge is 0.224 e. The number of nitrogens with zero attached hydrogens (tertiary/aromatic N) is 3. The number of aromatic nitrogens is 2. The molecule has 0 aromatic carbocycles. The molecule has 2 N–H and O–H groups in total. The van der Waals surface area contributed by atoms with Gasteiger partial charge in [0.2, 0.25) is 5.95 Å². The van der Waals surface area contributed by atoms with Crippen molar-refractivity contribution in [1.29, 1.82) is 0 Å². The van der Waals surface area contributed by atoms with Crippen molar-refractivity contribution in [3.8, 4) is 0 Å². The number of hydrogen-bond donors (Lipinski definition) is 2. The normalized spacial score (nSPS) is 10.4. The summed E-state index contributed by atoms with van der Waals surface area (Å²) in [4.78, 5) is 10.6. The molecular formula is C11H19BrN4O. The van der Waals surface area contributed by atoms with Gasteiger partial charge in [0, 0.05) is 26.3 Å². The molecule has 17 heavy (non-hydrogen) atoms. The van der Waals surface area contributed by atoms with Crippen molar-refractivity contribution in [1.82, 2.24) is 9.97 Å². The molecule has 1 rings (SSSR count). The van der Waals surface area contributed by atoms with E-state index in [0.717, 1.165) is 29.7 Å². The standard InChI is InChI=1S/C11H19BrN4O/c1-3-4-5-16(6-7-17)10-9(12)8-14-11(13-2)15-10/h8,17H,3-7H2,1-2H3,(H,13,14,15). The molecule has 96 valence electrons. The summed E-state index contributed by atoms with van der Waals surface area (Å²) in [6, 6.07) is 0. The number of anilines is 2. The topological polar surface area (TPSA) is 61.3 Å². The van der Waals surface area contributed by atoms with Gasteiger partial charge < -0.3 is 15.3 Å². The molecule has 0 spiro atoms. The molecule has 0 unspecified atom stereocenters. The van der Waals surface area contributed by atoms with Crippen molar-refractivity contribution >= 4 is 27.7 Å². The highest BCUT2D eigenvalue weighted by molar-refractivity contribution is 9.10. The molecule has 0 atom stereocenters. The van der Waals surface area contributed by atoms with Gasteiger partial charge in [0.25, 0.3) is 0 Å². The highest BCUT2D eigenvalue weighted by Gasteiger charge is 2.12. The largest absolute Gasteiger partial charge is 0.395 e. The van der Waals surface area contributed by atoms with Gasteiger partial charge in [0.05, 0.1) is 11.1 Å². The molecule has 0 bridgehead atoms. The maximum Gasteiger partial charge on any atom is 0.224 e. The van der Waals surface area contributed by atoms with Gasteiger partial charge in [-0.1, -0.05) is 13.3 Å². The Kier molecular flexibility index (Phi) is 6.21. The number of rotatable bonds is 7. The second-order valence-corrected chi connectivity index (χ2v) is 4.53. The van der Waals surface area contributed by atoms with Crippen LogP contribution in [0.5, 0.6) is 0 Å². The SMILES string of the molecule is CCCCN(CCO)c1nc(NC)ncc1Br. The Hall–Kier alpha value is -0.880. The Morgan fingerprint density at radius 1 is 1.47 bits per heavy atom. The molecule has 0 saturated heterocycles. The third kappa shape index (κ3) is 4.12. The maximum absolute atomic E-state index is 9.10. The first-order chi connectivity index (χ1) is 8.22. The summed E-state index contributed by atoms with van der Waals surface area (Å²) < 4.78 is 0.848. The average Bonchev–Trinajstić information content (AvgIpc) is 2.35. The van der Waals surface area contributed by atoms with Crippen LogP contribution in [0.2, 0.25) is 0 Å². The van der Waals surface area contributed by atoms with Gasteiger partial charge in [-0.25, -0.2) is 4.98 Å². The number of hydrogen-bond acceptors (Lipinski definition) is 5. The number of aliphatic hydroxyl groups excluding tert-OH is 1. The van der Waals surface area contributed by atoms with Crippen LogP contribution in [0.4, 0.5) is 11.8 Å². The molecular weight excluding hydrogens is 284 g/mol. The molecule has 0 aliphatic rings. The van der Waals surface area contributed by atoms with Gasteiger partial charge in [-0.05, 0) is 22.4 Å². The van der Waals surface area contributed by atoms with Crippen LogP contribution in [-0.2, 0) is 0 Å². The number of nitrogens with one attached hydrogen (secondary N) is 1. The Balaban J connectivity index is 2.90. The molecule has 0 radical (unpaired) electrons. The maximum atomic E-state index is 9.10. The average molecular weight is 303 g/mol. The van der Waals surface area contributed by atoms with Crippen LogP contribution in [0, 0.1) is 0 Å². The summed E-state index contributed by atoms with van der Waals surface area (Å²) in [5.74, 6) is 1.41. The van der Waals surface area contributed by atoms with Crippen molar-refractivity contribution in [2.24, 2.45) is 0 Å². The molecule has 0 aliphatic carbocycles. The first kappa shape index (κ1) is 14.2. The molecule has 5 nitrogen and oxygen atoms in total. The van der Waals surface area contributed by atoms with Crippen LogP contribution in [0.25, 0.3) is 0 Å². The van der Waals surface area contributed by atoms with Crippen LogP contribution in [0.3, 0.4) is 0 Å². The highest BCUT2D eigenvalue weighted by atomic mass is 79.9. The van der Waals surface area contributed by atoms with E-state index in [1.165, 1.54) is 0 Å². The minimum absolute atomic E-state index is 0.120. The van der Waals surface area contributed by atoms with Crippen molar-refractivity contribution in [2.45, 2.75) is 19.8 Å². The molecule has 0 fully saturated rings. The number of aliphatic hydroxyl groups is 1. The predicted molar refractivity (Wildman–Crippen MR) is 73.5 cm³/mol. The van der Waals surface area contributed by atoms with Gasteiger partial charge in [-0.3, -0.25) is 0 Å². The van der Waals surface area contributed by atoms with E-state index in [2.05, 4.69) is 43.0 Å². The van der Waals surface area contributed by atoms with Crippen LogP contribution >= 0.6 is 15.9 Å². The van der Waals surface area contributed by atoms with Crippen molar-refractivity contribution < 1.29 is 5.11 Å². The minimum atomic E-state index is 0.120. The lowest BCUT2D eigenvalue weighted by atomic mass is 10.3. The molecule has 0 amide bonds. The third-order valence-electron chi connectivity index (χ3n) is 2.40. The Morgan fingerprint density at radius 2 is 2.24 bits per heavy atom. The lowest BCUT2D eigenvalue weighted by Crippen LogP contribution is -2.29. The first-order valence-electron chi connectivity index (χ1n) is 5.79. The number of halogens is 1. The Bertz CT molecular complexity index is 348. The van der Waals surface area contributed by atoms with Gasteiger partial charge in [-0.2, -0.15) is 4.98 Å². The molecule has 1 heterocycles. The summed E-state index contributed by atoms with van der Waals surface area (Å²) in [7, 11) is 1.79. The van der Waals surface area contributed by atoms with Gasteiger partial charge in [0.15, 0.2) is 0 Å². The van der Waals surface area contributed by atoms with E-state index in [4.69, 9.17) is 5.11 Å². The molecule has 6 heteroatoms. The lowest BCUT2D eigenvalue weighted by molar-refractivity contribution is 0.301. The monoisotopic (exact) mass is 302 g/mol. The van der Waals surface area contributed by atoms with Gasteiger partial charge in [0.1, 0.15) is 5.82 Å². The summed E-state index contributed by atoms with van der Waals surface area (Å²) in [5, 5.41) is 12.0. The summed E-state index contributed by atoms with van der Waals surface area (Å²) >= 11 is 3.45. The van der Waals surface area contributed by atoms with Crippen LogP contribution in [0.1, 0.15) is 19.8 Å². The van der Waals surface area contributed by atoms with Crippen LogP contribution < -0.4 is 10.2 Å².